The van der Waals surface area contributed by atoms with Crippen molar-refractivity contribution < 1.29 is 13.6 Å². The first-order valence-electron chi connectivity index (χ1n) is 8.80. The largest absolute Gasteiger partial charge is 0.420 e. The molecule has 0 unspecified atom stereocenters. The Kier molecular flexibility index (Phi) is 5.39. The van der Waals surface area contributed by atoms with Crippen LogP contribution in [0, 0.1) is 6.92 Å². The highest BCUT2D eigenvalue weighted by atomic mass is 32.2. The molecule has 9 heteroatoms. The molecular formula is C20H17N5O3S. The number of rotatable bonds is 6. The maximum absolute atomic E-state index is 11.1. The number of nitrogens with one attached hydrogen (secondary N) is 1. The first-order chi connectivity index (χ1) is 14.1. The van der Waals surface area contributed by atoms with Gasteiger partial charge >= 0.3 is 0 Å². The summed E-state index contributed by atoms with van der Waals surface area (Å²) in [5.74, 6) is 1.65. The Morgan fingerprint density at radius 3 is 2.48 bits per heavy atom. The van der Waals surface area contributed by atoms with Crippen molar-refractivity contribution in [1.29, 1.82) is 0 Å². The van der Waals surface area contributed by atoms with Crippen molar-refractivity contribution in [3.8, 4) is 22.9 Å². The summed E-state index contributed by atoms with van der Waals surface area (Å²) in [6.07, 6.45) is 0. The highest BCUT2D eigenvalue weighted by Gasteiger charge is 2.13. The first-order valence-corrected chi connectivity index (χ1v) is 9.79. The summed E-state index contributed by atoms with van der Waals surface area (Å²) in [6, 6.07) is 15.0. The van der Waals surface area contributed by atoms with E-state index < -0.39 is 0 Å². The predicted molar refractivity (Wildman–Crippen MR) is 108 cm³/mol. The molecule has 0 aliphatic heterocycles. The minimum atomic E-state index is -0.124. The van der Waals surface area contributed by atoms with Crippen LogP contribution in [0.5, 0.6) is 0 Å². The lowest BCUT2D eigenvalue weighted by atomic mass is 10.1. The number of nitrogens with zero attached hydrogens (tertiary/aromatic N) is 4. The summed E-state index contributed by atoms with van der Waals surface area (Å²) in [5, 5.41) is 19.4. The fourth-order valence-electron chi connectivity index (χ4n) is 2.61. The molecule has 0 aliphatic carbocycles. The van der Waals surface area contributed by atoms with Crippen molar-refractivity contribution in [3.63, 3.8) is 0 Å². The second-order valence-electron chi connectivity index (χ2n) is 6.29. The van der Waals surface area contributed by atoms with Crippen molar-refractivity contribution in [2.24, 2.45) is 0 Å². The SMILES string of the molecule is CC(=O)Nc1ccc(-c2nnc(SCc3nnc(-c4cccc(C)c4)o3)o2)cc1. The molecule has 2 heterocycles. The molecule has 0 saturated carbocycles. The Labute approximate surface area is 170 Å². The first kappa shape index (κ1) is 18.9. The minimum Gasteiger partial charge on any atom is -0.420 e. The third kappa shape index (κ3) is 4.69. The Balaban J connectivity index is 1.39. The number of carbonyl (C=O) groups is 1. The zero-order valence-corrected chi connectivity index (χ0v) is 16.6. The standard InChI is InChI=1S/C20H17N5O3S/c1-12-4-3-5-15(10-12)19-23-22-17(27-19)11-29-20-25-24-18(28-20)14-6-8-16(9-7-14)21-13(2)26/h3-10H,11H2,1-2H3,(H,21,26). The number of benzene rings is 2. The van der Waals surface area contributed by atoms with E-state index >= 15 is 0 Å². The van der Waals surface area contributed by atoms with Gasteiger partial charge in [-0.25, -0.2) is 0 Å². The Morgan fingerprint density at radius 2 is 1.72 bits per heavy atom. The lowest BCUT2D eigenvalue weighted by Crippen LogP contribution is -2.05. The normalized spacial score (nSPS) is 10.8. The number of carbonyl (C=O) groups excluding carboxylic acids is 1. The molecule has 2 aromatic heterocycles. The molecule has 1 amide bonds. The van der Waals surface area contributed by atoms with Crippen LogP contribution in [0.15, 0.2) is 62.6 Å². The average Bonchev–Trinajstić information content (AvgIpc) is 3.36. The number of thioether (sulfide) groups is 1. The zero-order valence-electron chi connectivity index (χ0n) is 15.7. The zero-order chi connectivity index (χ0) is 20.2. The van der Waals surface area contributed by atoms with Crippen LogP contribution in [0.4, 0.5) is 5.69 Å². The van der Waals surface area contributed by atoms with Crippen molar-refractivity contribution in [3.05, 3.63) is 60.0 Å². The van der Waals surface area contributed by atoms with Crippen molar-refractivity contribution >= 4 is 23.4 Å². The molecule has 8 nitrogen and oxygen atoms in total. The van der Waals surface area contributed by atoms with Crippen LogP contribution < -0.4 is 5.32 Å². The molecule has 0 saturated heterocycles. The topological polar surface area (TPSA) is 107 Å². The van der Waals surface area contributed by atoms with Gasteiger partial charge in [-0.1, -0.05) is 29.5 Å². The van der Waals surface area contributed by atoms with Crippen LogP contribution in [0.25, 0.3) is 22.9 Å². The molecule has 29 heavy (non-hydrogen) atoms. The van der Waals surface area contributed by atoms with Crippen LogP contribution in [0.2, 0.25) is 0 Å². The molecule has 1 N–H and O–H groups in total. The maximum atomic E-state index is 11.1. The van der Waals surface area contributed by atoms with Gasteiger partial charge in [-0.05, 0) is 43.3 Å². The molecule has 4 aromatic rings. The molecular weight excluding hydrogens is 390 g/mol. The second-order valence-corrected chi connectivity index (χ2v) is 7.22. The van der Waals surface area contributed by atoms with E-state index in [4.69, 9.17) is 8.83 Å². The van der Waals surface area contributed by atoms with E-state index in [1.807, 2.05) is 31.2 Å². The average molecular weight is 407 g/mol. The third-order valence-electron chi connectivity index (χ3n) is 3.91. The van der Waals surface area contributed by atoms with Gasteiger partial charge in [-0.3, -0.25) is 4.79 Å². The third-order valence-corrected chi connectivity index (χ3v) is 4.71. The Bertz CT molecular complexity index is 1140. The molecule has 2 aromatic carbocycles. The molecule has 0 fully saturated rings. The quantitative estimate of drug-likeness (QED) is 0.470. The van der Waals surface area contributed by atoms with Gasteiger partial charge in [-0.2, -0.15) is 0 Å². The number of aromatic nitrogens is 4. The molecule has 0 radical (unpaired) electrons. The van der Waals surface area contributed by atoms with Gasteiger partial charge in [0.2, 0.25) is 23.6 Å². The minimum absolute atomic E-state index is 0.124. The van der Waals surface area contributed by atoms with Crippen molar-refractivity contribution in [2.45, 2.75) is 24.8 Å². The summed E-state index contributed by atoms with van der Waals surface area (Å²) in [7, 11) is 0. The van der Waals surface area contributed by atoms with Gasteiger partial charge in [0.05, 0.1) is 5.75 Å². The molecule has 0 atom stereocenters. The van der Waals surface area contributed by atoms with E-state index in [1.165, 1.54) is 18.7 Å². The highest BCUT2D eigenvalue weighted by molar-refractivity contribution is 7.98. The van der Waals surface area contributed by atoms with Crippen LogP contribution in [-0.4, -0.2) is 26.3 Å². The molecule has 0 aliphatic rings. The highest BCUT2D eigenvalue weighted by Crippen LogP contribution is 2.27. The fraction of sp³-hybridized carbons (Fsp3) is 0.150. The van der Waals surface area contributed by atoms with Crippen LogP contribution >= 0.6 is 11.8 Å². The monoisotopic (exact) mass is 407 g/mol. The van der Waals surface area contributed by atoms with Gasteiger partial charge in [0.25, 0.3) is 5.22 Å². The fourth-order valence-corrected chi connectivity index (χ4v) is 3.21. The van der Waals surface area contributed by atoms with E-state index in [0.717, 1.165) is 16.7 Å². The van der Waals surface area contributed by atoms with Crippen molar-refractivity contribution in [1.82, 2.24) is 20.4 Å². The van der Waals surface area contributed by atoms with Gasteiger partial charge < -0.3 is 14.2 Å². The van der Waals surface area contributed by atoms with Gasteiger partial charge in [0.15, 0.2) is 0 Å². The lowest BCUT2D eigenvalue weighted by molar-refractivity contribution is -0.114. The number of anilines is 1. The van der Waals surface area contributed by atoms with Crippen LogP contribution in [0.3, 0.4) is 0 Å². The van der Waals surface area contributed by atoms with Gasteiger partial charge in [0, 0.05) is 23.7 Å². The summed E-state index contributed by atoms with van der Waals surface area (Å²) in [5.41, 5.74) is 3.48. The number of hydrogen-bond acceptors (Lipinski definition) is 8. The Morgan fingerprint density at radius 1 is 0.966 bits per heavy atom. The van der Waals surface area contributed by atoms with E-state index in [9.17, 15) is 4.79 Å². The summed E-state index contributed by atoms with van der Waals surface area (Å²) >= 11 is 1.32. The van der Waals surface area contributed by atoms with Gasteiger partial charge in [0.1, 0.15) is 0 Å². The van der Waals surface area contributed by atoms with Crippen LogP contribution in [0.1, 0.15) is 18.4 Å². The predicted octanol–water partition coefficient (Wildman–Crippen LogP) is 4.35. The van der Waals surface area contributed by atoms with E-state index in [1.54, 1.807) is 24.3 Å². The van der Waals surface area contributed by atoms with Gasteiger partial charge in [-0.15, -0.1) is 20.4 Å². The van der Waals surface area contributed by atoms with Crippen LogP contribution in [-0.2, 0) is 10.5 Å². The molecule has 146 valence electrons. The van der Waals surface area contributed by atoms with E-state index in [0.29, 0.717) is 34.3 Å². The summed E-state index contributed by atoms with van der Waals surface area (Å²) in [4.78, 5) is 11.1. The molecule has 0 spiro atoms. The van der Waals surface area contributed by atoms with E-state index in [2.05, 4.69) is 25.7 Å². The number of amides is 1. The second kappa shape index (κ2) is 8.27. The van der Waals surface area contributed by atoms with Crippen molar-refractivity contribution in [2.75, 3.05) is 5.32 Å². The summed E-state index contributed by atoms with van der Waals surface area (Å²) in [6.45, 7) is 3.47. The summed E-state index contributed by atoms with van der Waals surface area (Å²) < 4.78 is 11.4. The number of hydrogen-bond donors (Lipinski definition) is 1. The smallest absolute Gasteiger partial charge is 0.277 e. The number of aryl methyl sites for hydroxylation is 1. The lowest BCUT2D eigenvalue weighted by Gasteiger charge is -2.01. The maximum Gasteiger partial charge on any atom is 0.277 e. The van der Waals surface area contributed by atoms with E-state index in [-0.39, 0.29) is 5.91 Å². The molecule has 0 bridgehead atoms. The Hall–Kier alpha value is -3.46. The molecule has 4 rings (SSSR count).